The van der Waals surface area contributed by atoms with Gasteiger partial charge in [-0.25, -0.2) is 8.42 Å². The zero-order valence-electron chi connectivity index (χ0n) is 23.0. The number of ether oxygens (including phenoxy) is 1. The molecular weight excluding hydrogens is 594 g/mol. The third kappa shape index (κ3) is 9.09. The quantitative estimate of drug-likeness (QED) is 0.277. The summed E-state index contributed by atoms with van der Waals surface area (Å²) in [5.74, 6) is 0.164. The fourth-order valence-corrected chi connectivity index (χ4v) is 5.61. The van der Waals surface area contributed by atoms with Gasteiger partial charge in [-0.15, -0.1) is 0 Å². The number of benzene rings is 3. The Morgan fingerprint density at radius 3 is 2.17 bits per heavy atom. The van der Waals surface area contributed by atoms with Crippen molar-refractivity contribution in [3.8, 4) is 5.75 Å². The van der Waals surface area contributed by atoms with E-state index in [-0.39, 0.29) is 37.7 Å². The van der Waals surface area contributed by atoms with E-state index >= 15 is 0 Å². The first-order chi connectivity index (χ1) is 19.1. The number of likely N-dealkylation sites (N-methyl/N-ethyl adjacent to an activating group) is 1. The van der Waals surface area contributed by atoms with Gasteiger partial charge in [-0.05, 0) is 60.9 Å². The van der Waals surface area contributed by atoms with Gasteiger partial charge >= 0.3 is 0 Å². The molecule has 2 amide bonds. The Hall–Kier alpha value is -3.37. The van der Waals surface area contributed by atoms with Crippen LogP contribution in [-0.4, -0.2) is 57.6 Å². The second-order valence-electron chi connectivity index (χ2n) is 9.38. The van der Waals surface area contributed by atoms with Crippen molar-refractivity contribution in [2.75, 3.05) is 30.8 Å². The Bertz CT molecular complexity index is 1350. The summed E-state index contributed by atoms with van der Waals surface area (Å²) < 4.78 is 32.5. The van der Waals surface area contributed by atoms with Crippen molar-refractivity contribution in [3.05, 3.63) is 94.5 Å². The number of nitrogens with one attached hydrogen (secondary N) is 1. The van der Waals surface area contributed by atoms with Crippen molar-refractivity contribution >= 4 is 43.5 Å². The maximum Gasteiger partial charge on any atom is 0.243 e. The highest BCUT2D eigenvalue weighted by Gasteiger charge is 2.30. The van der Waals surface area contributed by atoms with Crippen LogP contribution < -0.4 is 14.4 Å². The smallest absolute Gasteiger partial charge is 0.243 e. The number of sulfonamides is 1. The molecule has 0 radical (unpaired) electrons. The summed E-state index contributed by atoms with van der Waals surface area (Å²) in [7, 11) is -2.04. The molecule has 214 valence electrons. The molecule has 3 aromatic rings. The molecule has 0 aromatic heterocycles. The second kappa shape index (κ2) is 14.9. The molecule has 0 aliphatic heterocycles. The molecular formula is C30H36BrN3O5S. The topological polar surface area (TPSA) is 96.0 Å². The first kappa shape index (κ1) is 31.2. The molecule has 0 heterocycles. The lowest BCUT2D eigenvalue weighted by Gasteiger charge is -2.32. The zero-order valence-corrected chi connectivity index (χ0v) is 25.4. The van der Waals surface area contributed by atoms with E-state index in [1.54, 1.807) is 36.3 Å². The van der Waals surface area contributed by atoms with E-state index < -0.39 is 16.1 Å². The first-order valence-corrected chi connectivity index (χ1v) is 15.7. The second-order valence-corrected chi connectivity index (χ2v) is 12.2. The van der Waals surface area contributed by atoms with Crippen LogP contribution in [0, 0.1) is 0 Å². The summed E-state index contributed by atoms with van der Waals surface area (Å²) in [4.78, 5) is 28.6. The third-order valence-corrected chi connectivity index (χ3v) is 8.12. The van der Waals surface area contributed by atoms with Crippen molar-refractivity contribution in [3.63, 3.8) is 0 Å². The molecule has 1 unspecified atom stereocenters. The van der Waals surface area contributed by atoms with E-state index in [4.69, 9.17) is 4.74 Å². The van der Waals surface area contributed by atoms with Crippen LogP contribution in [0.2, 0.25) is 0 Å². The summed E-state index contributed by atoms with van der Waals surface area (Å²) in [6, 6.07) is 23.2. The van der Waals surface area contributed by atoms with Gasteiger partial charge in [0.2, 0.25) is 21.8 Å². The molecule has 8 nitrogen and oxygen atoms in total. The SMILES string of the molecule is CCNC(=O)C(Cc1ccccc1)N(Cc1ccc(Br)cc1)C(=O)CCCN(c1ccc(OC)cc1)S(C)(=O)=O. The van der Waals surface area contributed by atoms with Gasteiger partial charge in [0, 0.05) is 36.9 Å². The number of anilines is 1. The predicted molar refractivity (Wildman–Crippen MR) is 162 cm³/mol. The van der Waals surface area contributed by atoms with E-state index in [0.717, 1.165) is 21.9 Å². The van der Waals surface area contributed by atoms with Crippen molar-refractivity contribution < 1.29 is 22.7 Å². The van der Waals surface area contributed by atoms with Crippen molar-refractivity contribution in [1.29, 1.82) is 0 Å². The van der Waals surface area contributed by atoms with Gasteiger partial charge in [0.25, 0.3) is 0 Å². The van der Waals surface area contributed by atoms with Crippen LogP contribution in [0.25, 0.3) is 0 Å². The van der Waals surface area contributed by atoms with Gasteiger partial charge in [0.1, 0.15) is 11.8 Å². The van der Waals surface area contributed by atoms with Crippen molar-refractivity contribution in [2.45, 2.75) is 38.8 Å². The highest BCUT2D eigenvalue weighted by molar-refractivity contribution is 9.10. The van der Waals surface area contributed by atoms with Crippen LogP contribution in [0.5, 0.6) is 5.75 Å². The van der Waals surface area contributed by atoms with Gasteiger partial charge in [-0.1, -0.05) is 58.4 Å². The van der Waals surface area contributed by atoms with E-state index in [1.165, 1.54) is 4.31 Å². The standard InChI is InChI=1S/C30H36BrN3O5S/c1-4-32-30(36)28(21-23-9-6-5-7-10-23)33(22-24-12-14-25(31)15-13-24)29(35)11-8-20-34(40(3,37)38)26-16-18-27(39-2)19-17-26/h5-7,9-10,12-19,28H,4,8,11,20-22H2,1-3H3,(H,32,36). The molecule has 40 heavy (non-hydrogen) atoms. The fraction of sp³-hybridized carbons (Fsp3) is 0.333. The normalized spacial score (nSPS) is 11.9. The van der Waals surface area contributed by atoms with Gasteiger partial charge in [-0.2, -0.15) is 0 Å². The fourth-order valence-electron chi connectivity index (χ4n) is 4.38. The number of hydrogen-bond acceptors (Lipinski definition) is 5. The number of hydrogen-bond donors (Lipinski definition) is 1. The Morgan fingerprint density at radius 2 is 1.60 bits per heavy atom. The van der Waals surface area contributed by atoms with Crippen LogP contribution in [0.15, 0.2) is 83.3 Å². The maximum absolute atomic E-state index is 13.8. The Labute approximate surface area is 245 Å². The van der Waals surface area contributed by atoms with Gasteiger partial charge in [0.05, 0.1) is 19.1 Å². The average Bonchev–Trinajstić information content (AvgIpc) is 2.94. The largest absolute Gasteiger partial charge is 0.497 e. The summed E-state index contributed by atoms with van der Waals surface area (Å²) in [5.41, 5.74) is 2.32. The van der Waals surface area contributed by atoms with E-state index in [1.807, 2.05) is 61.5 Å². The molecule has 0 saturated heterocycles. The molecule has 0 fully saturated rings. The number of carbonyl (C=O) groups excluding carboxylic acids is 2. The first-order valence-electron chi connectivity index (χ1n) is 13.1. The highest BCUT2D eigenvalue weighted by Crippen LogP contribution is 2.23. The Kier molecular flexibility index (Phi) is 11.6. The maximum atomic E-state index is 13.8. The summed E-state index contributed by atoms with van der Waals surface area (Å²) in [6.07, 6.45) is 1.85. The number of methoxy groups -OCH3 is 1. The molecule has 10 heteroatoms. The van der Waals surface area contributed by atoms with Gasteiger partial charge in [0.15, 0.2) is 0 Å². The number of amides is 2. The average molecular weight is 631 g/mol. The monoisotopic (exact) mass is 629 g/mol. The van der Waals surface area contributed by atoms with Crippen LogP contribution in [0.1, 0.15) is 30.9 Å². The molecule has 3 rings (SSSR count). The molecule has 0 spiro atoms. The Morgan fingerprint density at radius 1 is 0.950 bits per heavy atom. The lowest BCUT2D eigenvalue weighted by Crippen LogP contribution is -2.50. The highest BCUT2D eigenvalue weighted by atomic mass is 79.9. The predicted octanol–water partition coefficient (Wildman–Crippen LogP) is 4.78. The molecule has 1 N–H and O–H groups in total. The Balaban J connectivity index is 1.84. The summed E-state index contributed by atoms with van der Waals surface area (Å²) in [6.45, 7) is 2.65. The molecule has 0 aliphatic carbocycles. The minimum atomic E-state index is -3.59. The third-order valence-electron chi connectivity index (χ3n) is 6.40. The molecule has 0 saturated carbocycles. The van der Waals surface area contributed by atoms with Gasteiger partial charge in [-0.3, -0.25) is 13.9 Å². The summed E-state index contributed by atoms with van der Waals surface area (Å²) >= 11 is 3.44. The van der Waals surface area contributed by atoms with E-state index in [2.05, 4.69) is 21.2 Å². The number of nitrogens with zero attached hydrogens (tertiary/aromatic N) is 2. The minimum absolute atomic E-state index is 0.0728. The molecule has 0 bridgehead atoms. The van der Waals surface area contributed by atoms with Crippen LogP contribution in [-0.2, 0) is 32.6 Å². The minimum Gasteiger partial charge on any atom is -0.497 e. The van der Waals surface area contributed by atoms with Crippen molar-refractivity contribution in [2.24, 2.45) is 0 Å². The lowest BCUT2D eigenvalue weighted by molar-refractivity contribution is -0.141. The van der Waals surface area contributed by atoms with E-state index in [0.29, 0.717) is 24.4 Å². The van der Waals surface area contributed by atoms with Crippen LogP contribution >= 0.6 is 15.9 Å². The van der Waals surface area contributed by atoms with Crippen LogP contribution in [0.3, 0.4) is 0 Å². The number of halogens is 1. The lowest BCUT2D eigenvalue weighted by atomic mass is 10.0. The molecule has 1 atom stereocenters. The molecule has 0 aliphatic rings. The van der Waals surface area contributed by atoms with Crippen LogP contribution in [0.4, 0.5) is 5.69 Å². The zero-order chi connectivity index (χ0) is 29.1. The van der Waals surface area contributed by atoms with E-state index in [9.17, 15) is 18.0 Å². The number of carbonyl (C=O) groups is 2. The summed E-state index contributed by atoms with van der Waals surface area (Å²) in [5, 5.41) is 2.88. The van der Waals surface area contributed by atoms with Crippen molar-refractivity contribution in [1.82, 2.24) is 10.2 Å². The molecule has 3 aromatic carbocycles. The number of rotatable bonds is 14. The van der Waals surface area contributed by atoms with Gasteiger partial charge < -0.3 is 15.0 Å².